The first-order valence-corrected chi connectivity index (χ1v) is 5.86. The first-order chi connectivity index (χ1) is 9.31. The molecule has 2 heterocycles. The molecule has 3 rings (SSSR count). The van der Waals surface area contributed by atoms with E-state index in [0.29, 0.717) is 24.1 Å². The SMILES string of the molecule is Cc1cc(NCc2nnc(-c3ccccc3)o2)no1. The molecule has 96 valence electrons. The number of rotatable bonds is 4. The lowest BCUT2D eigenvalue weighted by Gasteiger charge is -1.96. The summed E-state index contributed by atoms with van der Waals surface area (Å²) in [5, 5.41) is 14.8. The lowest BCUT2D eigenvalue weighted by atomic mass is 10.2. The van der Waals surface area contributed by atoms with E-state index in [4.69, 9.17) is 8.94 Å². The van der Waals surface area contributed by atoms with Crippen molar-refractivity contribution in [3.05, 3.63) is 48.0 Å². The smallest absolute Gasteiger partial charge is 0.247 e. The molecule has 0 spiro atoms. The van der Waals surface area contributed by atoms with Gasteiger partial charge >= 0.3 is 0 Å². The lowest BCUT2D eigenvalue weighted by Crippen LogP contribution is -1.99. The summed E-state index contributed by atoms with van der Waals surface area (Å²) < 4.78 is 10.5. The van der Waals surface area contributed by atoms with Gasteiger partial charge < -0.3 is 14.3 Å². The molecule has 0 unspecified atom stereocenters. The normalized spacial score (nSPS) is 10.6. The van der Waals surface area contributed by atoms with Gasteiger partial charge in [0.15, 0.2) is 5.82 Å². The molecule has 0 radical (unpaired) electrons. The predicted octanol–water partition coefficient (Wildman–Crippen LogP) is 2.65. The maximum Gasteiger partial charge on any atom is 0.247 e. The Morgan fingerprint density at radius 3 is 2.74 bits per heavy atom. The van der Waals surface area contributed by atoms with Crippen LogP contribution in [-0.2, 0) is 6.54 Å². The van der Waals surface area contributed by atoms with Gasteiger partial charge in [-0.2, -0.15) is 0 Å². The van der Waals surface area contributed by atoms with Crippen LogP contribution in [0.15, 0.2) is 45.3 Å². The fraction of sp³-hybridized carbons (Fsp3) is 0.154. The second-order valence-electron chi connectivity index (χ2n) is 4.04. The Labute approximate surface area is 109 Å². The molecule has 3 aromatic rings. The fourth-order valence-electron chi connectivity index (χ4n) is 1.64. The summed E-state index contributed by atoms with van der Waals surface area (Å²) in [6, 6.07) is 11.4. The van der Waals surface area contributed by atoms with E-state index in [2.05, 4.69) is 20.7 Å². The van der Waals surface area contributed by atoms with Crippen LogP contribution in [0.1, 0.15) is 11.7 Å². The number of aromatic nitrogens is 3. The van der Waals surface area contributed by atoms with E-state index >= 15 is 0 Å². The first kappa shape index (κ1) is 11.5. The molecule has 0 atom stereocenters. The van der Waals surface area contributed by atoms with E-state index in [1.807, 2.05) is 37.3 Å². The Kier molecular flexibility index (Phi) is 2.97. The summed E-state index contributed by atoms with van der Waals surface area (Å²) in [7, 11) is 0. The Balaban J connectivity index is 1.68. The highest BCUT2D eigenvalue weighted by Crippen LogP contribution is 2.17. The first-order valence-electron chi connectivity index (χ1n) is 5.86. The van der Waals surface area contributed by atoms with Crippen molar-refractivity contribution >= 4 is 5.82 Å². The molecule has 0 aliphatic carbocycles. The zero-order valence-electron chi connectivity index (χ0n) is 10.3. The van der Waals surface area contributed by atoms with Crippen LogP contribution in [0, 0.1) is 6.92 Å². The van der Waals surface area contributed by atoms with Gasteiger partial charge in [0.2, 0.25) is 11.8 Å². The van der Waals surface area contributed by atoms with E-state index < -0.39 is 0 Å². The molecular formula is C13H12N4O2. The van der Waals surface area contributed by atoms with Crippen molar-refractivity contribution < 1.29 is 8.94 Å². The number of aryl methyl sites for hydroxylation is 1. The Bertz CT molecular complexity index is 660. The third-order valence-electron chi connectivity index (χ3n) is 2.54. The minimum Gasteiger partial charge on any atom is -0.419 e. The van der Waals surface area contributed by atoms with E-state index in [-0.39, 0.29) is 0 Å². The van der Waals surface area contributed by atoms with Gasteiger partial charge in [-0.25, -0.2) is 0 Å². The van der Waals surface area contributed by atoms with Gasteiger partial charge in [-0.05, 0) is 19.1 Å². The summed E-state index contributed by atoms with van der Waals surface area (Å²) in [4.78, 5) is 0. The minimum atomic E-state index is 0.409. The molecule has 0 aliphatic rings. The number of hydrogen-bond donors (Lipinski definition) is 1. The standard InChI is InChI=1S/C13H12N4O2/c1-9-7-11(17-19-9)14-8-12-15-16-13(18-12)10-5-3-2-4-6-10/h2-7H,8H2,1H3,(H,14,17). The molecule has 0 aliphatic heterocycles. The Hall–Kier alpha value is -2.63. The number of nitrogens with zero attached hydrogens (tertiary/aromatic N) is 3. The molecule has 0 fully saturated rings. The quantitative estimate of drug-likeness (QED) is 0.773. The van der Waals surface area contributed by atoms with Crippen molar-refractivity contribution in [3.63, 3.8) is 0 Å². The number of anilines is 1. The van der Waals surface area contributed by atoms with Crippen LogP contribution in [-0.4, -0.2) is 15.4 Å². The molecule has 6 nitrogen and oxygen atoms in total. The molecule has 0 saturated heterocycles. The van der Waals surface area contributed by atoms with Gasteiger partial charge in [-0.15, -0.1) is 10.2 Å². The fourth-order valence-corrected chi connectivity index (χ4v) is 1.64. The Morgan fingerprint density at radius 2 is 2.00 bits per heavy atom. The van der Waals surface area contributed by atoms with Gasteiger partial charge in [0.1, 0.15) is 5.76 Å². The monoisotopic (exact) mass is 256 g/mol. The molecule has 1 aromatic carbocycles. The summed E-state index contributed by atoms with van der Waals surface area (Å²) in [5.41, 5.74) is 0.901. The maximum atomic E-state index is 5.56. The van der Waals surface area contributed by atoms with E-state index in [9.17, 15) is 0 Å². The highest BCUT2D eigenvalue weighted by molar-refractivity contribution is 5.51. The average Bonchev–Trinajstić information content (AvgIpc) is 3.06. The molecule has 0 bridgehead atoms. The molecule has 2 aromatic heterocycles. The third kappa shape index (κ3) is 2.62. The van der Waals surface area contributed by atoms with Gasteiger partial charge in [0, 0.05) is 11.6 Å². The maximum absolute atomic E-state index is 5.56. The average molecular weight is 256 g/mol. The summed E-state index contributed by atoms with van der Waals surface area (Å²) in [6.45, 7) is 2.24. The topological polar surface area (TPSA) is 77.0 Å². The van der Waals surface area contributed by atoms with Gasteiger partial charge in [-0.3, -0.25) is 0 Å². The Morgan fingerprint density at radius 1 is 1.16 bits per heavy atom. The number of nitrogens with one attached hydrogen (secondary N) is 1. The number of hydrogen-bond acceptors (Lipinski definition) is 6. The molecule has 6 heteroatoms. The highest BCUT2D eigenvalue weighted by atomic mass is 16.5. The molecular weight excluding hydrogens is 244 g/mol. The van der Waals surface area contributed by atoms with E-state index in [1.54, 1.807) is 6.07 Å². The summed E-state index contributed by atoms with van der Waals surface area (Å²) in [6.07, 6.45) is 0. The largest absolute Gasteiger partial charge is 0.419 e. The third-order valence-corrected chi connectivity index (χ3v) is 2.54. The molecule has 19 heavy (non-hydrogen) atoms. The molecule has 0 saturated carbocycles. The van der Waals surface area contributed by atoms with E-state index in [0.717, 1.165) is 11.3 Å². The van der Waals surface area contributed by atoms with Crippen molar-refractivity contribution in [1.29, 1.82) is 0 Å². The second-order valence-corrected chi connectivity index (χ2v) is 4.04. The van der Waals surface area contributed by atoms with Crippen molar-refractivity contribution in [1.82, 2.24) is 15.4 Å². The molecule has 1 N–H and O–H groups in total. The van der Waals surface area contributed by atoms with Crippen LogP contribution >= 0.6 is 0 Å². The van der Waals surface area contributed by atoms with Gasteiger partial charge in [-0.1, -0.05) is 23.4 Å². The van der Waals surface area contributed by atoms with Crippen LogP contribution in [0.4, 0.5) is 5.82 Å². The van der Waals surface area contributed by atoms with Crippen LogP contribution in [0.25, 0.3) is 11.5 Å². The van der Waals surface area contributed by atoms with Crippen molar-refractivity contribution in [3.8, 4) is 11.5 Å². The van der Waals surface area contributed by atoms with E-state index in [1.165, 1.54) is 0 Å². The van der Waals surface area contributed by atoms with Crippen LogP contribution in [0.5, 0.6) is 0 Å². The van der Waals surface area contributed by atoms with Crippen molar-refractivity contribution in [2.45, 2.75) is 13.5 Å². The second kappa shape index (κ2) is 4.93. The van der Waals surface area contributed by atoms with Crippen LogP contribution in [0.2, 0.25) is 0 Å². The van der Waals surface area contributed by atoms with Gasteiger partial charge in [0.25, 0.3) is 0 Å². The minimum absolute atomic E-state index is 0.409. The number of benzene rings is 1. The summed E-state index contributed by atoms with van der Waals surface area (Å²) >= 11 is 0. The highest BCUT2D eigenvalue weighted by Gasteiger charge is 2.08. The van der Waals surface area contributed by atoms with Crippen molar-refractivity contribution in [2.24, 2.45) is 0 Å². The zero-order valence-corrected chi connectivity index (χ0v) is 10.3. The lowest BCUT2D eigenvalue weighted by molar-refractivity contribution is 0.399. The van der Waals surface area contributed by atoms with Gasteiger partial charge in [0.05, 0.1) is 6.54 Å². The summed E-state index contributed by atoms with van der Waals surface area (Å²) in [5.74, 6) is 2.41. The van der Waals surface area contributed by atoms with Crippen LogP contribution in [0.3, 0.4) is 0 Å². The zero-order chi connectivity index (χ0) is 13.1. The van der Waals surface area contributed by atoms with Crippen molar-refractivity contribution in [2.75, 3.05) is 5.32 Å². The van der Waals surface area contributed by atoms with Crippen LogP contribution < -0.4 is 5.32 Å². The molecule has 0 amide bonds. The predicted molar refractivity (Wildman–Crippen MR) is 68.3 cm³/mol.